The molecule has 27 heavy (non-hydrogen) atoms. The van der Waals surface area contributed by atoms with Crippen LogP contribution in [0.3, 0.4) is 0 Å². The maximum atomic E-state index is 12.3. The van der Waals surface area contributed by atoms with Crippen molar-refractivity contribution in [1.82, 2.24) is 0 Å². The molecule has 0 atom stereocenters. The van der Waals surface area contributed by atoms with E-state index in [9.17, 15) is 10.1 Å². The van der Waals surface area contributed by atoms with Crippen molar-refractivity contribution in [2.75, 3.05) is 5.32 Å². The number of amides is 1. The van der Waals surface area contributed by atoms with Crippen LogP contribution in [0.2, 0.25) is 0 Å². The van der Waals surface area contributed by atoms with Gasteiger partial charge in [0.25, 0.3) is 5.91 Å². The molecular formula is C23H18N2O2. The summed E-state index contributed by atoms with van der Waals surface area (Å²) >= 11 is 0. The van der Waals surface area contributed by atoms with Gasteiger partial charge in [0.15, 0.2) is 0 Å². The Morgan fingerprint density at radius 2 is 1.56 bits per heavy atom. The molecule has 3 rings (SSSR count). The van der Waals surface area contributed by atoms with E-state index in [1.807, 2.05) is 66.7 Å². The number of nitrogens with zero attached hydrogens (tertiary/aromatic N) is 1. The maximum absolute atomic E-state index is 12.3. The third-order valence-corrected chi connectivity index (χ3v) is 3.84. The number of nitrogens with one attached hydrogen (secondary N) is 1. The average molecular weight is 354 g/mol. The smallest absolute Gasteiger partial charge is 0.266 e. The fraction of sp³-hybridized carbons (Fsp3) is 0.0435. The minimum Gasteiger partial charge on any atom is -0.489 e. The summed E-state index contributed by atoms with van der Waals surface area (Å²) < 4.78 is 5.72. The van der Waals surface area contributed by atoms with Crippen LogP contribution in [0, 0.1) is 11.3 Å². The van der Waals surface area contributed by atoms with Crippen molar-refractivity contribution in [3.8, 4) is 11.8 Å². The van der Waals surface area contributed by atoms with Gasteiger partial charge in [0, 0.05) is 5.69 Å². The fourth-order valence-electron chi connectivity index (χ4n) is 2.44. The van der Waals surface area contributed by atoms with Crippen molar-refractivity contribution in [2.24, 2.45) is 0 Å². The Labute approximate surface area is 158 Å². The Kier molecular flexibility index (Phi) is 6.00. The molecule has 4 nitrogen and oxygen atoms in total. The molecule has 132 valence electrons. The van der Waals surface area contributed by atoms with Crippen LogP contribution >= 0.6 is 0 Å². The van der Waals surface area contributed by atoms with Crippen molar-refractivity contribution in [3.63, 3.8) is 0 Å². The number of hydrogen-bond acceptors (Lipinski definition) is 3. The minimum absolute atomic E-state index is 0.0469. The maximum Gasteiger partial charge on any atom is 0.266 e. The second kappa shape index (κ2) is 9.02. The molecule has 0 unspecified atom stereocenters. The number of ether oxygens (including phenoxy) is 1. The van der Waals surface area contributed by atoms with Gasteiger partial charge in [-0.25, -0.2) is 0 Å². The van der Waals surface area contributed by atoms with E-state index in [0.29, 0.717) is 18.0 Å². The Bertz CT molecular complexity index is 957. The molecule has 0 radical (unpaired) electrons. The highest BCUT2D eigenvalue weighted by Gasteiger charge is 2.09. The first-order valence-corrected chi connectivity index (χ1v) is 8.49. The molecule has 3 aromatic rings. The molecule has 0 aliphatic heterocycles. The number of carbonyl (C=O) groups is 1. The van der Waals surface area contributed by atoms with Crippen LogP contribution < -0.4 is 10.1 Å². The lowest BCUT2D eigenvalue weighted by atomic mass is 10.1. The van der Waals surface area contributed by atoms with Gasteiger partial charge in [-0.1, -0.05) is 60.7 Å². The van der Waals surface area contributed by atoms with Crippen LogP contribution in [0.25, 0.3) is 6.08 Å². The third kappa shape index (κ3) is 5.32. The lowest BCUT2D eigenvalue weighted by Crippen LogP contribution is -2.13. The highest BCUT2D eigenvalue weighted by atomic mass is 16.5. The summed E-state index contributed by atoms with van der Waals surface area (Å²) in [5, 5.41) is 12.0. The highest BCUT2D eigenvalue weighted by Crippen LogP contribution is 2.18. The van der Waals surface area contributed by atoms with Crippen LogP contribution in [0.4, 0.5) is 5.69 Å². The van der Waals surface area contributed by atoms with E-state index in [1.165, 1.54) is 0 Å². The molecule has 0 spiro atoms. The molecule has 4 heteroatoms. The monoisotopic (exact) mass is 354 g/mol. The number of carbonyl (C=O) groups excluding carboxylic acids is 1. The van der Waals surface area contributed by atoms with Crippen molar-refractivity contribution in [2.45, 2.75) is 6.61 Å². The lowest BCUT2D eigenvalue weighted by Gasteiger charge is -2.08. The summed E-state index contributed by atoms with van der Waals surface area (Å²) in [7, 11) is 0. The van der Waals surface area contributed by atoms with Crippen LogP contribution in [0.5, 0.6) is 5.75 Å². The minimum atomic E-state index is -0.445. The fourth-order valence-corrected chi connectivity index (χ4v) is 2.44. The van der Waals surface area contributed by atoms with E-state index >= 15 is 0 Å². The predicted molar refractivity (Wildman–Crippen MR) is 106 cm³/mol. The van der Waals surface area contributed by atoms with Gasteiger partial charge in [0.1, 0.15) is 24.0 Å². The molecule has 0 bridgehead atoms. The van der Waals surface area contributed by atoms with Gasteiger partial charge in [-0.15, -0.1) is 0 Å². The summed E-state index contributed by atoms with van der Waals surface area (Å²) in [6.07, 6.45) is 1.56. The number of hydrogen-bond donors (Lipinski definition) is 1. The summed E-state index contributed by atoms with van der Waals surface area (Å²) in [5.74, 6) is 0.261. The summed E-state index contributed by atoms with van der Waals surface area (Å²) in [6, 6.07) is 28.2. The largest absolute Gasteiger partial charge is 0.489 e. The van der Waals surface area contributed by atoms with Crippen molar-refractivity contribution in [3.05, 3.63) is 102 Å². The lowest BCUT2D eigenvalue weighted by molar-refractivity contribution is -0.112. The summed E-state index contributed by atoms with van der Waals surface area (Å²) in [5.41, 5.74) is 2.53. The van der Waals surface area contributed by atoms with Gasteiger partial charge in [0.2, 0.25) is 0 Å². The summed E-state index contributed by atoms with van der Waals surface area (Å²) in [6.45, 7) is 0.477. The van der Waals surface area contributed by atoms with Gasteiger partial charge in [-0.3, -0.25) is 4.79 Å². The Balaban J connectivity index is 1.61. The normalized spacial score (nSPS) is 10.7. The third-order valence-electron chi connectivity index (χ3n) is 3.84. The van der Waals surface area contributed by atoms with Crippen molar-refractivity contribution < 1.29 is 9.53 Å². The molecule has 0 saturated heterocycles. The topological polar surface area (TPSA) is 62.1 Å². The molecular weight excluding hydrogens is 336 g/mol. The quantitative estimate of drug-likeness (QED) is 0.510. The molecule has 3 aromatic carbocycles. The molecule has 1 N–H and O–H groups in total. The molecule has 1 amide bonds. The standard InChI is InChI=1S/C23H18N2O2/c24-16-20(15-18-7-3-1-4-8-18)23(26)25-21-11-13-22(14-12-21)27-17-19-9-5-2-6-10-19/h1-15H,17H2,(H,25,26)/b20-15+. The number of anilines is 1. The molecule has 0 fully saturated rings. The van der Waals surface area contributed by atoms with Gasteiger partial charge in [0.05, 0.1) is 0 Å². The van der Waals surface area contributed by atoms with Crippen LogP contribution in [0.1, 0.15) is 11.1 Å². The van der Waals surface area contributed by atoms with E-state index in [-0.39, 0.29) is 5.57 Å². The van der Waals surface area contributed by atoms with E-state index in [4.69, 9.17) is 4.74 Å². The Morgan fingerprint density at radius 1 is 0.926 bits per heavy atom. The van der Waals surface area contributed by atoms with E-state index in [0.717, 1.165) is 11.1 Å². The second-order valence-corrected chi connectivity index (χ2v) is 5.83. The van der Waals surface area contributed by atoms with Crippen LogP contribution in [0.15, 0.2) is 90.5 Å². The molecule has 0 heterocycles. The zero-order valence-electron chi connectivity index (χ0n) is 14.6. The Morgan fingerprint density at radius 3 is 2.19 bits per heavy atom. The first-order valence-electron chi connectivity index (χ1n) is 8.49. The number of benzene rings is 3. The van der Waals surface area contributed by atoms with Gasteiger partial charge < -0.3 is 10.1 Å². The first-order chi connectivity index (χ1) is 13.2. The first kappa shape index (κ1) is 18.0. The molecule has 0 saturated carbocycles. The van der Waals surface area contributed by atoms with Crippen molar-refractivity contribution >= 4 is 17.7 Å². The van der Waals surface area contributed by atoms with Crippen LogP contribution in [-0.4, -0.2) is 5.91 Å². The molecule has 0 aromatic heterocycles. The predicted octanol–water partition coefficient (Wildman–Crippen LogP) is 4.81. The molecule has 0 aliphatic rings. The Hall–Kier alpha value is -3.84. The second-order valence-electron chi connectivity index (χ2n) is 5.83. The van der Waals surface area contributed by atoms with Gasteiger partial charge in [-0.2, -0.15) is 5.26 Å². The number of rotatable bonds is 6. The van der Waals surface area contributed by atoms with Gasteiger partial charge in [-0.05, 0) is 41.5 Å². The van der Waals surface area contributed by atoms with E-state index < -0.39 is 5.91 Å². The zero-order chi connectivity index (χ0) is 18.9. The average Bonchev–Trinajstić information content (AvgIpc) is 2.73. The van der Waals surface area contributed by atoms with Crippen LogP contribution in [-0.2, 0) is 11.4 Å². The number of nitriles is 1. The van der Waals surface area contributed by atoms with Gasteiger partial charge >= 0.3 is 0 Å². The highest BCUT2D eigenvalue weighted by molar-refractivity contribution is 6.09. The van der Waals surface area contributed by atoms with E-state index in [1.54, 1.807) is 30.3 Å². The molecule has 0 aliphatic carbocycles. The summed E-state index contributed by atoms with van der Waals surface area (Å²) in [4.78, 5) is 12.3. The zero-order valence-corrected chi connectivity index (χ0v) is 14.6. The van der Waals surface area contributed by atoms with E-state index in [2.05, 4.69) is 5.32 Å². The SMILES string of the molecule is N#C/C(=C\c1ccccc1)C(=O)Nc1ccc(OCc2ccccc2)cc1. The van der Waals surface area contributed by atoms with Crippen molar-refractivity contribution in [1.29, 1.82) is 5.26 Å².